The fourth-order valence-corrected chi connectivity index (χ4v) is 263. The monoisotopic (exact) mass is 722 g/mol. The molecule has 10 heteroatoms. The molecule has 0 atom stereocenters. The van der Waals surface area contributed by atoms with E-state index in [0.29, 0.717) is 0 Å². The van der Waals surface area contributed by atoms with Gasteiger partial charge in [-0.15, -0.1) is 0 Å². The second-order valence-electron chi connectivity index (χ2n) is 7.96. The first-order chi connectivity index (χ1) is 16.2. The maximum absolute atomic E-state index is 7.36. The van der Waals surface area contributed by atoms with Gasteiger partial charge in [0.05, 0.1) is 0 Å². The maximum atomic E-state index is 7.36. The number of halogens is 6. The van der Waals surface area contributed by atoms with E-state index in [2.05, 4.69) is 48.5 Å². The first-order valence-corrected chi connectivity index (χ1v) is 37.6. The van der Waals surface area contributed by atoms with Gasteiger partial charge in [-0.25, -0.2) is 0 Å². The molecule has 34 heavy (non-hydrogen) atoms. The Morgan fingerprint density at radius 3 is 0.647 bits per heavy atom. The van der Waals surface area contributed by atoms with E-state index in [1.807, 2.05) is 72.8 Å². The minimum atomic E-state index is -4.15. The SMILES string of the molecule is Cl[Si](Cl)(Cl)[Ge]([c]1ccccc1)([c]1ccccc1)[Ge]([c]1ccccc1)([c]1ccccc1)[Si](Cl)(Cl)Cl. The van der Waals surface area contributed by atoms with E-state index in [9.17, 15) is 0 Å². The molecule has 0 heterocycles. The number of benzene rings is 4. The molecule has 0 aromatic heterocycles. The van der Waals surface area contributed by atoms with Gasteiger partial charge in [0.2, 0.25) is 0 Å². The molecule has 0 fully saturated rings. The third-order valence-corrected chi connectivity index (χ3v) is 171. The summed E-state index contributed by atoms with van der Waals surface area (Å²) in [4.78, 5) is 0. The second-order valence-corrected chi connectivity index (χ2v) is 91.2. The van der Waals surface area contributed by atoms with Gasteiger partial charge in [-0.1, -0.05) is 0 Å². The van der Waals surface area contributed by atoms with Gasteiger partial charge in [0, 0.05) is 0 Å². The molecular weight excluding hydrogens is 702 g/mol. The molecule has 0 radical (unpaired) electrons. The molecular formula is C24H20Cl6Ge2Si2. The summed E-state index contributed by atoms with van der Waals surface area (Å²) in [6.07, 6.45) is 0. The Kier molecular flexibility index (Phi) is 8.68. The van der Waals surface area contributed by atoms with Crippen LogP contribution in [0.2, 0.25) is 0 Å². The zero-order valence-corrected chi connectivity index (χ0v) is 28.5. The van der Waals surface area contributed by atoms with Crippen molar-refractivity contribution in [3.8, 4) is 0 Å². The molecule has 0 aliphatic carbocycles. The van der Waals surface area contributed by atoms with Crippen LogP contribution in [0.3, 0.4) is 0 Å². The Bertz CT molecular complexity index is 1040. The summed E-state index contributed by atoms with van der Waals surface area (Å²) in [5.41, 5.74) is 0. The Labute approximate surface area is 233 Å². The average Bonchev–Trinajstić information content (AvgIpc) is 2.83. The van der Waals surface area contributed by atoms with Gasteiger partial charge in [0.1, 0.15) is 0 Å². The molecule has 4 aromatic carbocycles. The van der Waals surface area contributed by atoms with Crippen molar-refractivity contribution in [2.75, 3.05) is 0 Å². The van der Waals surface area contributed by atoms with Crippen molar-refractivity contribution in [3.05, 3.63) is 121 Å². The normalized spacial score (nSPS) is 13.0. The Hall–Kier alpha value is 0.139. The van der Waals surface area contributed by atoms with Crippen molar-refractivity contribution in [1.29, 1.82) is 0 Å². The van der Waals surface area contributed by atoms with E-state index in [1.54, 1.807) is 0 Å². The van der Waals surface area contributed by atoms with Crippen molar-refractivity contribution in [3.63, 3.8) is 0 Å². The molecule has 174 valence electrons. The van der Waals surface area contributed by atoms with Crippen LogP contribution in [0.25, 0.3) is 0 Å². The van der Waals surface area contributed by atoms with Gasteiger partial charge in [-0.2, -0.15) is 0 Å². The van der Waals surface area contributed by atoms with Crippen molar-refractivity contribution < 1.29 is 0 Å². The molecule has 4 aromatic rings. The number of rotatable bonds is 7. The number of hydrogen-bond acceptors (Lipinski definition) is 0. The molecule has 0 aliphatic rings. The van der Waals surface area contributed by atoms with Gasteiger partial charge in [0.25, 0.3) is 0 Å². The summed E-state index contributed by atoms with van der Waals surface area (Å²) in [5, 5.41) is 0. The quantitative estimate of drug-likeness (QED) is 0.161. The Morgan fingerprint density at radius 1 is 0.324 bits per heavy atom. The van der Waals surface area contributed by atoms with Crippen LogP contribution in [0.1, 0.15) is 0 Å². The van der Waals surface area contributed by atoms with E-state index in [-0.39, 0.29) is 0 Å². The van der Waals surface area contributed by atoms with E-state index < -0.39 is 30.3 Å². The zero-order chi connectivity index (χ0) is 24.5. The van der Waals surface area contributed by atoms with Crippen LogP contribution in [0.4, 0.5) is 0 Å². The second kappa shape index (κ2) is 10.9. The van der Waals surface area contributed by atoms with Crippen molar-refractivity contribution in [2.24, 2.45) is 0 Å². The van der Waals surface area contributed by atoms with Crippen LogP contribution >= 0.6 is 66.5 Å². The van der Waals surface area contributed by atoms with Crippen LogP contribution < -0.4 is 17.6 Å². The van der Waals surface area contributed by atoms with Crippen LogP contribution in [0.15, 0.2) is 121 Å². The molecule has 0 amide bonds. The Balaban J connectivity index is 2.36. The summed E-state index contributed by atoms with van der Waals surface area (Å²) < 4.78 is -2.87. The van der Waals surface area contributed by atoms with Crippen LogP contribution in [0, 0.1) is 0 Å². The van der Waals surface area contributed by atoms with Crippen molar-refractivity contribution in [2.45, 2.75) is 0 Å². The molecule has 4 rings (SSSR count). The van der Waals surface area contributed by atoms with Crippen LogP contribution in [-0.4, -0.2) is 30.3 Å². The molecule has 0 unspecified atom stereocenters. The van der Waals surface area contributed by atoms with E-state index in [4.69, 9.17) is 66.5 Å². The fourth-order valence-electron chi connectivity index (χ4n) is 5.03. The number of hydrogen-bond donors (Lipinski definition) is 0. The Morgan fingerprint density at radius 2 is 0.500 bits per heavy atom. The first-order valence-electron chi connectivity index (χ1n) is 10.5. The van der Waals surface area contributed by atoms with Crippen molar-refractivity contribution >= 4 is 114 Å². The molecule has 0 saturated carbocycles. The molecule has 0 saturated heterocycles. The van der Waals surface area contributed by atoms with Crippen molar-refractivity contribution in [1.82, 2.24) is 0 Å². The van der Waals surface area contributed by atoms with Gasteiger partial charge in [-0.3, -0.25) is 0 Å². The summed E-state index contributed by atoms with van der Waals surface area (Å²) >= 11 is 44.2. The summed E-state index contributed by atoms with van der Waals surface area (Å²) in [6.45, 7) is 0. The van der Waals surface area contributed by atoms with Crippen LogP contribution in [-0.2, 0) is 0 Å². The third-order valence-electron chi connectivity index (χ3n) is 6.24. The van der Waals surface area contributed by atoms with Crippen LogP contribution in [0.5, 0.6) is 0 Å². The minimum absolute atomic E-state index is 1.06. The fraction of sp³-hybridized carbons (Fsp3) is 0. The molecule has 0 spiro atoms. The van der Waals surface area contributed by atoms with E-state index >= 15 is 0 Å². The molecule has 0 N–H and O–H groups in total. The summed E-state index contributed by atoms with van der Waals surface area (Å²) in [6, 6.07) is 40.7. The average molecular weight is 723 g/mol. The topological polar surface area (TPSA) is 0 Å². The molecule has 0 nitrogen and oxygen atoms in total. The van der Waals surface area contributed by atoms with Gasteiger partial charge in [0.15, 0.2) is 0 Å². The summed E-state index contributed by atoms with van der Waals surface area (Å²) in [7, 11) is -8.31. The standard InChI is InChI=1S/C24H20Cl6Ge2Si2/c25-33(26,27)31(21-13-5-1-6-14-21,22-15-7-2-8-16-22)32(34(28,29)30,23-17-9-3-10-18-23)24-19-11-4-12-20-24/h1-20H. The zero-order valence-electron chi connectivity index (χ0n) is 17.8. The van der Waals surface area contributed by atoms with E-state index in [0.717, 1.165) is 17.6 Å². The first kappa shape index (κ1) is 27.2. The van der Waals surface area contributed by atoms with Gasteiger partial charge >= 0.3 is 236 Å². The van der Waals surface area contributed by atoms with Gasteiger partial charge < -0.3 is 0 Å². The predicted molar refractivity (Wildman–Crippen MR) is 162 cm³/mol. The molecule has 0 aliphatic heterocycles. The third kappa shape index (κ3) is 4.51. The van der Waals surface area contributed by atoms with E-state index in [1.165, 1.54) is 0 Å². The van der Waals surface area contributed by atoms with Gasteiger partial charge in [-0.05, 0) is 0 Å². The molecule has 0 bridgehead atoms. The summed E-state index contributed by atoms with van der Waals surface area (Å²) in [5.74, 6) is 0. The predicted octanol–water partition coefficient (Wildman–Crippen LogP) is 6.06.